The van der Waals surface area contributed by atoms with Crippen molar-refractivity contribution in [1.29, 1.82) is 0 Å². The minimum atomic E-state index is -5.50. The number of halogens is 6. The number of benzene rings is 1. The Morgan fingerprint density at radius 2 is 1.71 bits per heavy atom. The van der Waals surface area contributed by atoms with Crippen molar-refractivity contribution in [3.05, 3.63) is 48.0 Å². The predicted molar refractivity (Wildman–Crippen MR) is 175 cm³/mol. The summed E-state index contributed by atoms with van der Waals surface area (Å²) >= 11 is 1.31. The molecule has 12 nitrogen and oxygen atoms in total. The summed E-state index contributed by atoms with van der Waals surface area (Å²) in [6.07, 6.45) is -10.7. The summed E-state index contributed by atoms with van der Waals surface area (Å²) < 4.78 is 91.6. The van der Waals surface area contributed by atoms with Crippen molar-refractivity contribution in [2.45, 2.75) is 73.9 Å². The number of hydrogen-bond donors (Lipinski definition) is 2. The highest BCUT2D eigenvalue weighted by atomic mass is 32.2. The first kappa shape index (κ1) is 38.3. The van der Waals surface area contributed by atoms with E-state index in [0.717, 1.165) is 23.1 Å². The quantitative estimate of drug-likeness (QED) is 0.0547. The standard InChI is InChI=1S/C32H38F6N8O4S/c1-4-15-51-30-41-26(40-21-17-20(21)18-9-6-5-7-10-18)23-27(42-30)46(44-43-23)22-16-19(11-8-12-39-13-14-45(2)3)24(49-28(47)31(33,34)35)25(22)50-29(48)32(36,37)38/h5-11,19-22,24-25,39H,4,12-17H2,1-3H3,(H,40,41,42)/t19-,20?,21?,22+,24+,25-/m0/s1. The summed E-state index contributed by atoms with van der Waals surface area (Å²) in [6, 6.07) is 8.43. The summed E-state index contributed by atoms with van der Waals surface area (Å²) in [5.74, 6) is -5.29. The molecule has 51 heavy (non-hydrogen) atoms. The monoisotopic (exact) mass is 744 g/mol. The number of nitrogens with zero attached hydrogens (tertiary/aromatic N) is 6. The van der Waals surface area contributed by atoms with Crippen molar-refractivity contribution >= 4 is 40.7 Å². The van der Waals surface area contributed by atoms with Crippen LogP contribution < -0.4 is 10.6 Å². The molecule has 0 radical (unpaired) electrons. The molecule has 278 valence electrons. The van der Waals surface area contributed by atoms with Gasteiger partial charge in [-0.1, -0.05) is 66.4 Å². The molecule has 2 saturated carbocycles. The van der Waals surface area contributed by atoms with E-state index < -0.39 is 48.5 Å². The van der Waals surface area contributed by atoms with Gasteiger partial charge in [-0.2, -0.15) is 26.3 Å². The molecular weight excluding hydrogens is 706 g/mol. The fourth-order valence-electron chi connectivity index (χ4n) is 5.84. The largest absolute Gasteiger partial charge is 0.490 e. The fourth-order valence-corrected chi connectivity index (χ4v) is 6.53. The van der Waals surface area contributed by atoms with Gasteiger partial charge in [-0.25, -0.2) is 24.2 Å². The molecule has 0 aliphatic heterocycles. The zero-order chi connectivity index (χ0) is 36.9. The van der Waals surface area contributed by atoms with Gasteiger partial charge in [0.1, 0.15) is 6.10 Å². The van der Waals surface area contributed by atoms with Crippen LogP contribution in [0, 0.1) is 5.92 Å². The summed E-state index contributed by atoms with van der Waals surface area (Å²) in [5.41, 5.74) is 1.33. The van der Waals surface area contributed by atoms with Crippen LogP contribution in [-0.2, 0) is 19.1 Å². The number of hydrogen-bond acceptors (Lipinski definition) is 12. The number of nitrogens with one attached hydrogen (secondary N) is 2. The van der Waals surface area contributed by atoms with Crippen molar-refractivity contribution in [2.75, 3.05) is 44.8 Å². The van der Waals surface area contributed by atoms with E-state index in [1.54, 1.807) is 6.08 Å². The number of anilines is 1. The lowest BCUT2D eigenvalue weighted by atomic mass is 10.0. The van der Waals surface area contributed by atoms with Gasteiger partial charge in [-0.3, -0.25) is 0 Å². The van der Waals surface area contributed by atoms with E-state index >= 15 is 0 Å². The fraction of sp³-hybridized carbons (Fsp3) is 0.562. The maximum Gasteiger partial charge on any atom is 0.490 e. The van der Waals surface area contributed by atoms with Gasteiger partial charge in [0.25, 0.3) is 0 Å². The zero-order valence-electron chi connectivity index (χ0n) is 27.9. The van der Waals surface area contributed by atoms with Crippen LogP contribution in [0.5, 0.6) is 0 Å². The highest BCUT2D eigenvalue weighted by Crippen LogP contribution is 2.45. The van der Waals surface area contributed by atoms with Gasteiger partial charge in [-0.15, -0.1) is 5.10 Å². The molecule has 2 N–H and O–H groups in total. The average Bonchev–Trinajstić information content (AvgIpc) is 3.58. The molecule has 2 aliphatic carbocycles. The first-order chi connectivity index (χ1) is 24.2. The van der Waals surface area contributed by atoms with Crippen LogP contribution in [0.2, 0.25) is 0 Å². The smallest absolute Gasteiger partial charge is 0.451 e. The number of likely N-dealkylation sites (N-methyl/N-ethyl adjacent to an activating group) is 1. The van der Waals surface area contributed by atoms with Gasteiger partial charge in [0.2, 0.25) is 0 Å². The van der Waals surface area contributed by atoms with Crippen LogP contribution in [-0.4, -0.2) is 112 Å². The summed E-state index contributed by atoms with van der Waals surface area (Å²) in [6.45, 7) is 3.46. The van der Waals surface area contributed by atoms with E-state index in [4.69, 9.17) is 9.47 Å². The van der Waals surface area contributed by atoms with Gasteiger partial charge >= 0.3 is 24.3 Å². The maximum atomic E-state index is 13.5. The Hall–Kier alpha value is -3.97. The second-order valence-electron chi connectivity index (χ2n) is 12.6. The van der Waals surface area contributed by atoms with Crippen LogP contribution in [0.4, 0.5) is 32.2 Å². The van der Waals surface area contributed by atoms with E-state index in [0.29, 0.717) is 29.8 Å². The van der Waals surface area contributed by atoms with Crippen molar-refractivity contribution in [1.82, 2.24) is 35.2 Å². The Morgan fingerprint density at radius 3 is 2.35 bits per heavy atom. The second kappa shape index (κ2) is 16.1. The van der Waals surface area contributed by atoms with Crippen LogP contribution in [0.25, 0.3) is 11.2 Å². The lowest BCUT2D eigenvalue weighted by Crippen LogP contribution is -2.43. The summed E-state index contributed by atoms with van der Waals surface area (Å²) in [7, 11) is 3.74. The van der Waals surface area contributed by atoms with Crippen LogP contribution in [0.3, 0.4) is 0 Å². The number of fused-ring (bicyclic) bond motifs is 1. The van der Waals surface area contributed by atoms with Gasteiger partial charge in [0.15, 0.2) is 28.2 Å². The number of carbonyl (C=O) groups is 2. The molecule has 2 heterocycles. The second-order valence-corrected chi connectivity index (χ2v) is 13.6. The summed E-state index contributed by atoms with van der Waals surface area (Å²) in [5, 5.41) is 15.2. The van der Waals surface area contributed by atoms with Gasteiger partial charge < -0.3 is 25.0 Å². The summed E-state index contributed by atoms with van der Waals surface area (Å²) in [4.78, 5) is 35.4. The molecule has 0 bridgehead atoms. The van der Waals surface area contributed by atoms with E-state index in [-0.39, 0.29) is 36.1 Å². The van der Waals surface area contributed by atoms with Crippen LogP contribution in [0.15, 0.2) is 47.6 Å². The van der Waals surface area contributed by atoms with Gasteiger partial charge in [0.05, 0.1) is 6.04 Å². The average molecular weight is 745 g/mol. The molecule has 2 aromatic heterocycles. The number of alkyl halides is 6. The van der Waals surface area contributed by atoms with E-state index in [9.17, 15) is 35.9 Å². The zero-order valence-corrected chi connectivity index (χ0v) is 28.8. The maximum absolute atomic E-state index is 13.5. The number of esters is 2. The topological polar surface area (TPSA) is 136 Å². The molecule has 6 atom stereocenters. The molecule has 1 aromatic carbocycles. The molecule has 2 unspecified atom stereocenters. The number of ether oxygens (including phenoxy) is 2. The number of rotatable bonds is 15. The van der Waals surface area contributed by atoms with Crippen LogP contribution >= 0.6 is 11.8 Å². The predicted octanol–water partition coefficient (Wildman–Crippen LogP) is 4.91. The SMILES string of the molecule is CCCSc1nc(NC2CC2c2ccccc2)c2nnn([C@@H]3C[C@H](C=CCNCCN(C)C)[C@@H](OC(=O)C(F)(F)F)[C@H]3OC(=O)C(F)(F)F)c2n1. The van der Waals surface area contributed by atoms with Crippen molar-refractivity contribution in [3.63, 3.8) is 0 Å². The first-order valence-electron chi connectivity index (χ1n) is 16.3. The highest BCUT2D eigenvalue weighted by molar-refractivity contribution is 7.99. The van der Waals surface area contributed by atoms with Crippen LogP contribution in [0.1, 0.15) is 43.7 Å². The number of carbonyl (C=O) groups excluding carboxylic acids is 2. The van der Waals surface area contributed by atoms with Crippen molar-refractivity contribution < 1.29 is 45.4 Å². The van der Waals surface area contributed by atoms with Crippen molar-refractivity contribution in [2.24, 2.45) is 5.92 Å². The third-order valence-electron chi connectivity index (χ3n) is 8.36. The third kappa shape index (κ3) is 9.68. The molecule has 3 aromatic rings. The molecule has 19 heteroatoms. The first-order valence-corrected chi connectivity index (χ1v) is 17.3. The highest BCUT2D eigenvalue weighted by Gasteiger charge is 2.55. The molecule has 5 rings (SSSR count). The molecule has 0 amide bonds. The Morgan fingerprint density at radius 1 is 1.02 bits per heavy atom. The van der Waals surface area contributed by atoms with E-state index in [1.165, 1.54) is 17.8 Å². The lowest BCUT2D eigenvalue weighted by molar-refractivity contribution is -0.221. The van der Waals surface area contributed by atoms with E-state index in [1.807, 2.05) is 56.3 Å². The van der Waals surface area contributed by atoms with Crippen molar-refractivity contribution in [3.8, 4) is 0 Å². The lowest BCUT2D eigenvalue weighted by Gasteiger charge is -2.26. The molecule has 2 aliphatic rings. The minimum Gasteiger partial charge on any atom is -0.451 e. The molecular formula is C32H38F6N8O4S. The molecule has 2 fully saturated rings. The third-order valence-corrected chi connectivity index (χ3v) is 9.42. The Kier molecular flexibility index (Phi) is 12.1. The molecule has 0 spiro atoms. The number of aromatic nitrogens is 5. The Bertz CT molecular complexity index is 1690. The van der Waals surface area contributed by atoms with Gasteiger partial charge in [0, 0.05) is 43.3 Å². The Labute approximate surface area is 293 Å². The Balaban J connectivity index is 1.52. The number of thioether (sulfide) groups is 1. The normalized spacial score (nSPS) is 23.6. The van der Waals surface area contributed by atoms with Gasteiger partial charge in [-0.05, 0) is 38.9 Å². The minimum absolute atomic E-state index is 0.0151. The van der Waals surface area contributed by atoms with E-state index in [2.05, 4.69) is 30.9 Å². The molecule has 0 saturated heterocycles.